The van der Waals surface area contributed by atoms with Crippen molar-refractivity contribution in [2.75, 3.05) is 13.1 Å². The number of aromatic hydroxyl groups is 2. The van der Waals surface area contributed by atoms with Gasteiger partial charge in [0.25, 0.3) is 0 Å². The van der Waals surface area contributed by atoms with Crippen LogP contribution in [-0.4, -0.2) is 34.2 Å². The summed E-state index contributed by atoms with van der Waals surface area (Å²) >= 11 is 0. The van der Waals surface area contributed by atoms with E-state index in [1.807, 2.05) is 0 Å². The third kappa shape index (κ3) is 1.25. The molecule has 0 radical (unpaired) electrons. The molecule has 2 fully saturated rings. The van der Waals surface area contributed by atoms with Gasteiger partial charge in [-0.1, -0.05) is 0 Å². The zero-order chi connectivity index (χ0) is 13.4. The molecule has 20 heavy (non-hydrogen) atoms. The van der Waals surface area contributed by atoms with Gasteiger partial charge in [0, 0.05) is 42.1 Å². The van der Waals surface area contributed by atoms with E-state index in [9.17, 15) is 10.2 Å². The first-order valence-corrected chi connectivity index (χ1v) is 7.42. The maximum absolute atomic E-state index is 9.75. The van der Waals surface area contributed by atoms with Crippen molar-refractivity contribution in [2.24, 2.45) is 5.92 Å². The minimum atomic E-state index is -0.101. The summed E-state index contributed by atoms with van der Waals surface area (Å²) in [6.45, 7) is 2.33. The highest BCUT2D eigenvalue weighted by atomic mass is 16.3. The van der Waals surface area contributed by atoms with E-state index in [4.69, 9.17) is 4.42 Å². The van der Waals surface area contributed by atoms with Crippen LogP contribution in [0.2, 0.25) is 0 Å². The van der Waals surface area contributed by atoms with Crippen molar-refractivity contribution in [2.45, 2.75) is 31.2 Å². The number of furan rings is 1. The van der Waals surface area contributed by atoms with E-state index in [-0.39, 0.29) is 11.5 Å². The molecule has 4 heteroatoms. The Balaban J connectivity index is 1.75. The molecule has 2 aliphatic heterocycles. The molecule has 0 spiro atoms. The zero-order valence-electron chi connectivity index (χ0n) is 11.2. The van der Waals surface area contributed by atoms with Crippen molar-refractivity contribution >= 4 is 11.0 Å². The molecule has 1 saturated carbocycles. The molecule has 4 nitrogen and oxygen atoms in total. The van der Waals surface area contributed by atoms with Crippen LogP contribution in [0.1, 0.15) is 30.1 Å². The molecule has 3 heterocycles. The summed E-state index contributed by atoms with van der Waals surface area (Å²) in [5.74, 6) is 2.28. The maximum Gasteiger partial charge on any atom is 0.161 e. The molecule has 1 aromatic carbocycles. The van der Waals surface area contributed by atoms with Gasteiger partial charge in [-0.3, -0.25) is 4.90 Å². The Labute approximate surface area is 116 Å². The van der Waals surface area contributed by atoms with Crippen LogP contribution in [-0.2, 0) is 6.42 Å². The minimum absolute atomic E-state index is 0.0575. The lowest BCUT2D eigenvalue weighted by atomic mass is 9.94. The monoisotopic (exact) mass is 271 g/mol. The summed E-state index contributed by atoms with van der Waals surface area (Å²) in [7, 11) is 0. The molecule has 1 aromatic heterocycles. The summed E-state index contributed by atoms with van der Waals surface area (Å²) in [5.41, 5.74) is 1.96. The summed E-state index contributed by atoms with van der Waals surface area (Å²) in [6, 6.07) is 3.84. The van der Waals surface area contributed by atoms with Crippen molar-refractivity contribution in [3.05, 3.63) is 23.5 Å². The fourth-order valence-corrected chi connectivity index (χ4v) is 4.68. The largest absolute Gasteiger partial charge is 0.504 e. The van der Waals surface area contributed by atoms with Crippen LogP contribution in [0.4, 0.5) is 0 Å². The Bertz CT molecular complexity index is 720. The Hall–Kier alpha value is -1.68. The van der Waals surface area contributed by atoms with Crippen molar-refractivity contribution in [3.63, 3.8) is 0 Å². The topological polar surface area (TPSA) is 56.8 Å². The van der Waals surface area contributed by atoms with E-state index in [2.05, 4.69) is 4.90 Å². The number of piperidine rings is 1. The van der Waals surface area contributed by atoms with Crippen molar-refractivity contribution in [1.82, 2.24) is 4.90 Å². The SMILES string of the molecule is Oc1cc2oc3c(c2cc1O)CCN1C[C@H]2CC1[C@H]3C2. The lowest BCUT2D eigenvalue weighted by molar-refractivity contribution is 0.194. The van der Waals surface area contributed by atoms with Gasteiger partial charge in [0.15, 0.2) is 11.5 Å². The standard InChI is InChI=1S/C16H17NO3/c18-13-5-10-9-1-2-17-7-8-3-11(12(17)4-8)16(9)20-15(10)6-14(13)19/h5-6,8,11-12,18-19H,1-4,7H2/t8-,11-,12?/m1/s1. The Morgan fingerprint density at radius 3 is 2.85 bits per heavy atom. The molecular formula is C16H17NO3. The van der Waals surface area contributed by atoms with Crippen molar-refractivity contribution in [1.29, 1.82) is 0 Å². The van der Waals surface area contributed by atoms with E-state index < -0.39 is 0 Å². The van der Waals surface area contributed by atoms with E-state index in [1.165, 1.54) is 24.9 Å². The summed E-state index contributed by atoms with van der Waals surface area (Å²) in [4.78, 5) is 2.61. The van der Waals surface area contributed by atoms with Crippen LogP contribution in [0.15, 0.2) is 16.5 Å². The molecular weight excluding hydrogens is 254 g/mol. The normalized spacial score (nSPS) is 31.7. The quantitative estimate of drug-likeness (QED) is 0.723. The molecule has 1 unspecified atom stereocenters. The van der Waals surface area contributed by atoms with E-state index in [1.54, 1.807) is 12.1 Å². The van der Waals surface area contributed by atoms with Crippen LogP contribution in [0, 0.1) is 5.92 Å². The summed E-state index contributed by atoms with van der Waals surface area (Å²) < 4.78 is 6.09. The second kappa shape index (κ2) is 3.50. The van der Waals surface area contributed by atoms with Crippen molar-refractivity contribution < 1.29 is 14.6 Å². The van der Waals surface area contributed by atoms with Gasteiger partial charge in [-0.2, -0.15) is 0 Å². The van der Waals surface area contributed by atoms with E-state index >= 15 is 0 Å². The number of fused-ring (bicyclic) bond motifs is 5. The number of phenolic OH excluding ortho intramolecular Hbond substituents is 2. The Morgan fingerprint density at radius 2 is 2.00 bits per heavy atom. The molecule has 3 atom stereocenters. The van der Waals surface area contributed by atoms with E-state index in [0.717, 1.165) is 30.0 Å². The molecule has 2 aromatic rings. The highest BCUT2D eigenvalue weighted by molar-refractivity contribution is 5.86. The number of phenols is 2. The van der Waals surface area contributed by atoms with Crippen molar-refractivity contribution in [3.8, 4) is 11.5 Å². The van der Waals surface area contributed by atoms with Crippen LogP contribution in [0.5, 0.6) is 11.5 Å². The van der Waals surface area contributed by atoms with Gasteiger partial charge in [0.05, 0.1) is 0 Å². The predicted molar refractivity (Wildman–Crippen MR) is 74.1 cm³/mol. The van der Waals surface area contributed by atoms with Crippen LogP contribution < -0.4 is 0 Å². The van der Waals surface area contributed by atoms with Gasteiger partial charge in [-0.25, -0.2) is 0 Å². The third-order valence-electron chi connectivity index (χ3n) is 5.49. The molecule has 2 N–H and O–H groups in total. The lowest BCUT2D eigenvalue weighted by Crippen LogP contribution is -2.36. The second-order valence-electron chi connectivity index (χ2n) is 6.54. The highest BCUT2D eigenvalue weighted by Gasteiger charge is 2.48. The van der Waals surface area contributed by atoms with E-state index in [0.29, 0.717) is 17.5 Å². The number of hydrogen-bond donors (Lipinski definition) is 2. The van der Waals surface area contributed by atoms with Gasteiger partial charge in [0.2, 0.25) is 0 Å². The first-order valence-electron chi connectivity index (χ1n) is 7.42. The summed E-state index contributed by atoms with van der Waals surface area (Å²) in [6.07, 6.45) is 3.51. The first-order chi connectivity index (χ1) is 9.70. The van der Waals surface area contributed by atoms with Gasteiger partial charge >= 0.3 is 0 Å². The molecule has 5 rings (SSSR count). The average molecular weight is 271 g/mol. The molecule has 1 aliphatic carbocycles. The molecule has 0 amide bonds. The number of nitrogens with zero attached hydrogens (tertiary/aromatic N) is 1. The molecule has 2 bridgehead atoms. The zero-order valence-corrected chi connectivity index (χ0v) is 11.2. The Kier molecular flexibility index (Phi) is 1.93. The van der Waals surface area contributed by atoms with Crippen LogP contribution >= 0.6 is 0 Å². The van der Waals surface area contributed by atoms with Gasteiger partial charge in [-0.15, -0.1) is 0 Å². The van der Waals surface area contributed by atoms with Gasteiger partial charge in [-0.05, 0) is 31.2 Å². The molecule has 3 aliphatic rings. The molecule has 1 saturated heterocycles. The maximum atomic E-state index is 9.75. The number of benzene rings is 1. The smallest absolute Gasteiger partial charge is 0.161 e. The number of hydrogen-bond acceptors (Lipinski definition) is 4. The first kappa shape index (κ1) is 11.0. The average Bonchev–Trinajstić information content (AvgIpc) is 3.08. The van der Waals surface area contributed by atoms with Gasteiger partial charge < -0.3 is 14.6 Å². The van der Waals surface area contributed by atoms with Crippen LogP contribution in [0.3, 0.4) is 0 Å². The summed E-state index contributed by atoms with van der Waals surface area (Å²) in [5, 5.41) is 20.4. The predicted octanol–water partition coefficient (Wildman–Crippen LogP) is 2.58. The fourth-order valence-electron chi connectivity index (χ4n) is 4.68. The third-order valence-corrected chi connectivity index (χ3v) is 5.49. The lowest BCUT2D eigenvalue weighted by Gasteiger charge is -2.29. The van der Waals surface area contributed by atoms with Gasteiger partial charge in [0.1, 0.15) is 11.3 Å². The highest BCUT2D eigenvalue weighted by Crippen LogP contribution is 2.51. The minimum Gasteiger partial charge on any atom is -0.504 e. The van der Waals surface area contributed by atoms with Crippen LogP contribution in [0.25, 0.3) is 11.0 Å². The number of rotatable bonds is 0. The molecule has 104 valence electrons. The fraction of sp³-hybridized carbons (Fsp3) is 0.500. The second-order valence-corrected chi connectivity index (χ2v) is 6.54. The Morgan fingerprint density at radius 1 is 1.15 bits per heavy atom.